The molecule has 2 aliphatic heterocycles. The number of aliphatic carboxylic acids is 2. The van der Waals surface area contributed by atoms with E-state index in [1.54, 1.807) is 0 Å². The number of carboxylic acids is 2. The molecule has 0 aromatic carbocycles. The number of hydrogen-bond acceptors (Lipinski definition) is 6. The second-order valence-corrected chi connectivity index (χ2v) is 6.06. The Bertz CT molecular complexity index is 751. The standard InChI is InChI=1S/C11H2F14O8/c12-6(13,14)3(1(26)27)30-8(18,19)5(9(20,21)31-3)10(22,23)32-4(2(28)29,7(15,16)17)33-11(5,24)25/h(H,26,27)(H,28,29). The fraction of sp³-hybridized carbons (Fsp3) is 0.818. The molecule has 192 valence electrons. The third-order valence-electron chi connectivity index (χ3n) is 4.14. The summed E-state index contributed by atoms with van der Waals surface area (Å²) in [7, 11) is 0. The normalized spacial score (nSPS) is 37.5. The van der Waals surface area contributed by atoms with Crippen LogP contribution in [0.3, 0.4) is 0 Å². The summed E-state index contributed by atoms with van der Waals surface area (Å²) in [6.45, 7) is 0. The number of ether oxygens (including phenoxy) is 4. The summed E-state index contributed by atoms with van der Waals surface area (Å²) in [5.41, 5.74) is -7.49. The van der Waals surface area contributed by atoms with Crippen LogP contribution in [-0.4, -0.2) is 70.5 Å². The minimum absolute atomic E-state index is 2.29. The summed E-state index contributed by atoms with van der Waals surface area (Å²) >= 11 is 0. The lowest BCUT2D eigenvalue weighted by Gasteiger charge is -2.58. The lowest BCUT2D eigenvalue weighted by molar-refractivity contribution is -0.677. The molecule has 2 fully saturated rings. The molecule has 0 atom stereocenters. The maximum absolute atomic E-state index is 14.3. The summed E-state index contributed by atoms with van der Waals surface area (Å²) in [6, 6.07) is 0. The highest BCUT2D eigenvalue weighted by molar-refractivity contribution is 5.78. The number of carboxylic acid groups (broad SMARTS) is 2. The highest BCUT2D eigenvalue weighted by Gasteiger charge is 3.03. The van der Waals surface area contributed by atoms with Gasteiger partial charge in [0.2, 0.25) is 0 Å². The maximum atomic E-state index is 14.3. The molecule has 0 amide bonds. The van der Waals surface area contributed by atoms with E-state index in [1.807, 2.05) is 0 Å². The Hall–Kier alpha value is -2.20. The van der Waals surface area contributed by atoms with Crippen molar-refractivity contribution in [2.24, 2.45) is 5.41 Å². The van der Waals surface area contributed by atoms with Gasteiger partial charge in [0.15, 0.2) is 0 Å². The lowest BCUT2D eigenvalue weighted by Crippen LogP contribution is -2.86. The van der Waals surface area contributed by atoms with Crippen LogP contribution in [-0.2, 0) is 28.5 Å². The second kappa shape index (κ2) is 6.47. The third-order valence-corrected chi connectivity index (χ3v) is 4.14. The molecule has 0 radical (unpaired) electrons. The largest absolute Gasteiger partial charge is 0.477 e. The lowest BCUT2D eigenvalue weighted by atomic mass is 9.78. The number of rotatable bonds is 2. The first-order valence-electron chi connectivity index (χ1n) is 7.13. The van der Waals surface area contributed by atoms with Gasteiger partial charge >= 0.3 is 65.7 Å². The van der Waals surface area contributed by atoms with Gasteiger partial charge in [0.05, 0.1) is 0 Å². The molecule has 0 unspecified atom stereocenters. The van der Waals surface area contributed by atoms with Crippen molar-refractivity contribution < 1.29 is 100 Å². The van der Waals surface area contributed by atoms with Crippen molar-refractivity contribution in [1.82, 2.24) is 0 Å². The van der Waals surface area contributed by atoms with Crippen molar-refractivity contribution in [3.63, 3.8) is 0 Å². The van der Waals surface area contributed by atoms with E-state index in [4.69, 9.17) is 10.2 Å². The Morgan fingerprint density at radius 2 is 0.697 bits per heavy atom. The molecule has 8 nitrogen and oxygen atoms in total. The van der Waals surface area contributed by atoms with Crippen LogP contribution in [0.5, 0.6) is 0 Å². The van der Waals surface area contributed by atoms with Crippen LogP contribution in [0.4, 0.5) is 61.5 Å². The topological polar surface area (TPSA) is 112 Å². The van der Waals surface area contributed by atoms with Crippen LogP contribution >= 0.6 is 0 Å². The van der Waals surface area contributed by atoms with E-state index in [2.05, 4.69) is 18.9 Å². The van der Waals surface area contributed by atoms with Crippen LogP contribution in [0.1, 0.15) is 0 Å². The molecule has 2 rings (SSSR count). The van der Waals surface area contributed by atoms with Gasteiger partial charge in [0.25, 0.3) is 0 Å². The van der Waals surface area contributed by atoms with Gasteiger partial charge in [0, 0.05) is 0 Å². The van der Waals surface area contributed by atoms with E-state index in [9.17, 15) is 71.1 Å². The monoisotopic (exact) mass is 528 g/mol. The first-order chi connectivity index (χ1) is 14.2. The van der Waals surface area contributed by atoms with Crippen molar-refractivity contribution in [3.8, 4) is 0 Å². The molecule has 33 heavy (non-hydrogen) atoms. The van der Waals surface area contributed by atoms with Gasteiger partial charge in [-0.15, -0.1) is 0 Å². The predicted octanol–water partition coefficient (Wildman–Crippen LogP) is 3.12. The highest BCUT2D eigenvalue weighted by atomic mass is 19.4. The SMILES string of the molecule is O=C(O)C1(C(F)(F)F)OC(F)(F)C2(C(F)(F)O1)C(F)(F)OC(C(=O)O)(C(F)(F)F)OC2(F)F. The first-order valence-corrected chi connectivity index (χ1v) is 7.13. The minimum Gasteiger partial charge on any atom is -0.477 e. The zero-order valence-electron chi connectivity index (χ0n) is 14.1. The maximum Gasteiger partial charge on any atom is 0.455 e. The van der Waals surface area contributed by atoms with Crippen molar-refractivity contribution in [2.75, 3.05) is 0 Å². The Morgan fingerprint density at radius 3 is 0.818 bits per heavy atom. The molecule has 0 bridgehead atoms. The molecule has 2 saturated heterocycles. The zero-order chi connectivity index (χ0) is 26.5. The van der Waals surface area contributed by atoms with E-state index < -0.39 is 65.7 Å². The van der Waals surface area contributed by atoms with Crippen LogP contribution < -0.4 is 0 Å². The van der Waals surface area contributed by atoms with E-state index in [0.717, 1.165) is 0 Å². The average Bonchev–Trinajstić information content (AvgIpc) is 2.47. The molecule has 0 aromatic rings. The Morgan fingerprint density at radius 1 is 0.515 bits per heavy atom. The summed E-state index contributed by atoms with van der Waals surface area (Å²) in [6.07, 6.45) is -44.2. The summed E-state index contributed by atoms with van der Waals surface area (Å²) in [4.78, 5) is 21.4. The molecule has 22 heteroatoms. The van der Waals surface area contributed by atoms with Gasteiger partial charge in [0.1, 0.15) is 0 Å². The molecular weight excluding hydrogens is 526 g/mol. The van der Waals surface area contributed by atoms with Crippen LogP contribution in [0, 0.1) is 5.41 Å². The molecule has 0 aromatic heterocycles. The molecule has 2 heterocycles. The predicted molar refractivity (Wildman–Crippen MR) is 59.4 cm³/mol. The zero-order valence-corrected chi connectivity index (χ0v) is 14.1. The third kappa shape index (κ3) is 2.99. The second-order valence-electron chi connectivity index (χ2n) is 6.06. The molecule has 0 saturated carbocycles. The minimum atomic E-state index is -7.54. The number of carbonyl (C=O) groups is 2. The van der Waals surface area contributed by atoms with Gasteiger partial charge in [-0.05, 0) is 0 Å². The summed E-state index contributed by atoms with van der Waals surface area (Å²) in [5.74, 6) is -20.7. The number of hydrogen-bond donors (Lipinski definition) is 2. The van der Waals surface area contributed by atoms with E-state index in [0.29, 0.717) is 0 Å². The Kier molecular flexibility index (Phi) is 5.30. The van der Waals surface area contributed by atoms with Crippen molar-refractivity contribution >= 4 is 11.9 Å². The highest BCUT2D eigenvalue weighted by Crippen LogP contribution is 2.73. The van der Waals surface area contributed by atoms with E-state index >= 15 is 0 Å². The van der Waals surface area contributed by atoms with Gasteiger partial charge in [-0.3, -0.25) is 18.9 Å². The Labute approximate surface area is 167 Å². The molecular formula is C11H2F14O8. The van der Waals surface area contributed by atoms with Gasteiger partial charge in [-0.2, -0.15) is 61.5 Å². The smallest absolute Gasteiger partial charge is 0.455 e. The quantitative estimate of drug-likeness (QED) is 0.527. The molecule has 2 N–H and O–H groups in total. The van der Waals surface area contributed by atoms with Crippen molar-refractivity contribution in [1.29, 1.82) is 0 Å². The summed E-state index contributed by atoms with van der Waals surface area (Å²) in [5, 5.41) is 16.8. The summed E-state index contributed by atoms with van der Waals surface area (Å²) < 4.78 is 201. The molecule has 2 aliphatic rings. The van der Waals surface area contributed by atoms with Crippen LogP contribution in [0.25, 0.3) is 0 Å². The van der Waals surface area contributed by atoms with Gasteiger partial charge in [-0.25, -0.2) is 9.59 Å². The van der Waals surface area contributed by atoms with Gasteiger partial charge in [-0.1, -0.05) is 0 Å². The van der Waals surface area contributed by atoms with Crippen LogP contribution in [0.2, 0.25) is 0 Å². The first kappa shape index (κ1) is 27.0. The van der Waals surface area contributed by atoms with E-state index in [1.165, 1.54) is 0 Å². The van der Waals surface area contributed by atoms with Crippen molar-refractivity contribution in [2.45, 2.75) is 48.4 Å². The van der Waals surface area contributed by atoms with Gasteiger partial charge < -0.3 is 10.2 Å². The Balaban J connectivity index is 2.92. The van der Waals surface area contributed by atoms with E-state index in [-0.39, 0.29) is 0 Å². The molecule has 1 spiro atoms. The molecule has 0 aliphatic carbocycles. The number of alkyl halides is 14. The fourth-order valence-electron chi connectivity index (χ4n) is 2.73. The number of halogens is 14. The average molecular weight is 528 g/mol. The van der Waals surface area contributed by atoms with Crippen LogP contribution in [0.15, 0.2) is 0 Å². The fourth-order valence-corrected chi connectivity index (χ4v) is 2.73. The van der Waals surface area contributed by atoms with Crippen molar-refractivity contribution in [3.05, 3.63) is 0 Å².